The molecule has 1 aromatic carbocycles. The number of alkyl halides is 3. The van der Waals surface area contributed by atoms with Gasteiger partial charge in [-0.2, -0.15) is 13.2 Å². The highest BCUT2D eigenvalue weighted by Gasteiger charge is 2.46. The van der Waals surface area contributed by atoms with E-state index in [2.05, 4.69) is 4.98 Å². The molecule has 0 saturated carbocycles. The monoisotopic (exact) mass is 401 g/mol. The number of fused-ring (bicyclic) bond motifs is 1. The number of nitrogens with zero attached hydrogens (tertiary/aromatic N) is 2. The van der Waals surface area contributed by atoms with Crippen molar-refractivity contribution in [2.24, 2.45) is 0 Å². The maximum absolute atomic E-state index is 13.0. The molecule has 3 rings (SSSR count). The Hall–Kier alpha value is -2.20. The molecule has 1 aliphatic rings. The second-order valence-corrected chi connectivity index (χ2v) is 8.08. The van der Waals surface area contributed by atoms with Crippen LogP contribution in [0.4, 0.5) is 13.2 Å². The Morgan fingerprint density at radius 1 is 1.22 bits per heavy atom. The van der Waals surface area contributed by atoms with Gasteiger partial charge in [-0.3, -0.25) is 9.78 Å². The minimum Gasteiger partial charge on any atom is -0.334 e. The lowest BCUT2D eigenvalue weighted by Crippen LogP contribution is -2.51. The molecule has 0 radical (unpaired) electrons. The molecule has 1 fully saturated rings. The van der Waals surface area contributed by atoms with Gasteiger partial charge in [0.2, 0.25) is 0 Å². The number of hydrogen-bond donors (Lipinski definition) is 1. The topological polar surface area (TPSA) is 79.4 Å². The van der Waals surface area contributed by atoms with Crippen molar-refractivity contribution in [1.82, 2.24) is 14.6 Å². The van der Waals surface area contributed by atoms with Crippen molar-refractivity contribution in [3.63, 3.8) is 0 Å². The SMILES string of the molecule is O=C(c1ccnc2ccccc12)N1CCCCC1CNS(=O)(=O)C(F)(F)F. The first-order valence-corrected chi connectivity index (χ1v) is 9.90. The number of carbonyl (C=O) groups is 1. The molecule has 0 bridgehead atoms. The molecule has 27 heavy (non-hydrogen) atoms. The molecule has 146 valence electrons. The molecule has 1 saturated heterocycles. The number of piperidine rings is 1. The summed E-state index contributed by atoms with van der Waals surface area (Å²) in [6, 6.07) is 8.00. The summed E-state index contributed by atoms with van der Waals surface area (Å²) in [4.78, 5) is 18.7. The largest absolute Gasteiger partial charge is 0.511 e. The number of pyridine rings is 1. The molecule has 1 unspecified atom stereocenters. The summed E-state index contributed by atoms with van der Waals surface area (Å²) in [7, 11) is -5.44. The molecule has 6 nitrogen and oxygen atoms in total. The van der Waals surface area contributed by atoms with E-state index in [1.54, 1.807) is 35.1 Å². The Morgan fingerprint density at radius 3 is 2.70 bits per heavy atom. The van der Waals surface area contributed by atoms with Gasteiger partial charge < -0.3 is 4.90 Å². The van der Waals surface area contributed by atoms with Crippen molar-refractivity contribution in [2.45, 2.75) is 30.8 Å². The zero-order valence-corrected chi connectivity index (χ0v) is 15.1. The summed E-state index contributed by atoms with van der Waals surface area (Å²) in [5.41, 5.74) is -4.35. The van der Waals surface area contributed by atoms with Gasteiger partial charge in [-0.05, 0) is 31.4 Å². The van der Waals surface area contributed by atoms with Crippen LogP contribution in [0.3, 0.4) is 0 Å². The van der Waals surface area contributed by atoms with Gasteiger partial charge >= 0.3 is 15.5 Å². The van der Waals surface area contributed by atoms with Gasteiger partial charge in [-0.1, -0.05) is 18.2 Å². The molecule has 1 atom stereocenters. The van der Waals surface area contributed by atoms with Crippen LogP contribution in [-0.4, -0.2) is 48.8 Å². The van der Waals surface area contributed by atoms with E-state index in [0.717, 1.165) is 0 Å². The summed E-state index contributed by atoms with van der Waals surface area (Å²) >= 11 is 0. The number of para-hydroxylation sites is 1. The van der Waals surface area contributed by atoms with E-state index in [9.17, 15) is 26.4 Å². The highest BCUT2D eigenvalue weighted by molar-refractivity contribution is 7.90. The van der Waals surface area contributed by atoms with E-state index >= 15 is 0 Å². The predicted molar refractivity (Wildman–Crippen MR) is 93.4 cm³/mol. The second-order valence-electron chi connectivity index (χ2n) is 6.32. The first kappa shape index (κ1) is 19.6. The summed E-state index contributed by atoms with van der Waals surface area (Å²) in [5, 5.41) is 0.644. The van der Waals surface area contributed by atoms with Crippen LogP contribution in [-0.2, 0) is 10.0 Å². The lowest BCUT2D eigenvalue weighted by Gasteiger charge is -2.36. The second kappa shape index (κ2) is 7.43. The number of rotatable bonds is 4. The zero-order chi connectivity index (χ0) is 19.7. The number of halogens is 3. The summed E-state index contributed by atoms with van der Waals surface area (Å²) in [6.45, 7) is -0.121. The molecule has 10 heteroatoms. The van der Waals surface area contributed by atoms with Crippen LogP contribution < -0.4 is 4.72 Å². The highest BCUT2D eigenvalue weighted by atomic mass is 32.2. The van der Waals surface area contributed by atoms with Crippen molar-refractivity contribution in [3.8, 4) is 0 Å². The minimum atomic E-state index is -5.44. The van der Waals surface area contributed by atoms with E-state index in [0.29, 0.717) is 42.3 Å². The molecule has 0 aliphatic carbocycles. The van der Waals surface area contributed by atoms with Gasteiger partial charge in [-0.25, -0.2) is 13.1 Å². The first-order chi connectivity index (χ1) is 12.7. The number of amides is 1. The maximum Gasteiger partial charge on any atom is 0.511 e. The van der Waals surface area contributed by atoms with Crippen LogP contribution in [0.5, 0.6) is 0 Å². The molecular formula is C17H18F3N3O3S. The predicted octanol–water partition coefficient (Wildman–Crippen LogP) is 2.67. The van der Waals surface area contributed by atoms with Crippen LogP contribution in [0.25, 0.3) is 10.9 Å². The average Bonchev–Trinajstić information content (AvgIpc) is 2.65. The van der Waals surface area contributed by atoms with Crippen molar-refractivity contribution in [3.05, 3.63) is 42.1 Å². The molecule has 1 amide bonds. The van der Waals surface area contributed by atoms with Crippen molar-refractivity contribution < 1.29 is 26.4 Å². The number of sulfonamides is 1. The summed E-state index contributed by atoms with van der Waals surface area (Å²) in [6.07, 6.45) is 3.34. The lowest BCUT2D eigenvalue weighted by molar-refractivity contribution is -0.0449. The fraction of sp³-hybridized carbons (Fsp3) is 0.412. The van der Waals surface area contributed by atoms with Crippen LogP contribution in [0.2, 0.25) is 0 Å². The smallest absolute Gasteiger partial charge is 0.334 e. The Bertz CT molecular complexity index is 942. The van der Waals surface area contributed by atoms with Crippen LogP contribution in [0.1, 0.15) is 29.6 Å². The van der Waals surface area contributed by atoms with Crippen LogP contribution in [0, 0.1) is 0 Å². The Labute approximate surface area is 154 Å². The fourth-order valence-electron chi connectivity index (χ4n) is 3.20. The van der Waals surface area contributed by atoms with Crippen molar-refractivity contribution in [1.29, 1.82) is 0 Å². The number of carbonyl (C=O) groups excluding carboxylic acids is 1. The van der Waals surface area contributed by atoms with E-state index in [1.807, 2.05) is 0 Å². The number of benzene rings is 1. The van der Waals surface area contributed by atoms with Gasteiger partial charge in [-0.15, -0.1) is 0 Å². The van der Waals surface area contributed by atoms with E-state index in [1.165, 1.54) is 11.1 Å². The Balaban J connectivity index is 1.84. The standard InChI is InChI=1S/C17H18F3N3O3S/c18-17(19,20)27(25,26)22-11-12-5-3-4-10-23(12)16(24)14-8-9-21-15-7-2-1-6-13(14)15/h1-2,6-9,12,22H,3-5,10-11H2. The van der Waals surface area contributed by atoms with Crippen molar-refractivity contribution in [2.75, 3.05) is 13.1 Å². The molecular weight excluding hydrogens is 383 g/mol. The average molecular weight is 401 g/mol. The first-order valence-electron chi connectivity index (χ1n) is 8.41. The number of nitrogens with one attached hydrogen (secondary N) is 1. The third kappa shape index (κ3) is 4.06. The normalized spacial score (nSPS) is 18.6. The molecule has 1 aromatic heterocycles. The molecule has 1 aliphatic heterocycles. The molecule has 1 N–H and O–H groups in total. The molecule has 2 aromatic rings. The quantitative estimate of drug-likeness (QED) is 0.854. The molecule has 0 spiro atoms. The van der Waals surface area contributed by atoms with Gasteiger partial charge in [0.05, 0.1) is 11.1 Å². The van der Waals surface area contributed by atoms with Gasteiger partial charge in [0.1, 0.15) is 0 Å². The van der Waals surface area contributed by atoms with E-state index < -0.39 is 28.1 Å². The van der Waals surface area contributed by atoms with Gasteiger partial charge in [0, 0.05) is 30.7 Å². The van der Waals surface area contributed by atoms with Gasteiger partial charge in [0.25, 0.3) is 5.91 Å². The van der Waals surface area contributed by atoms with E-state index in [4.69, 9.17) is 0 Å². The molecule has 2 heterocycles. The third-order valence-corrected chi connectivity index (χ3v) is 5.74. The minimum absolute atomic E-state index is 0.343. The zero-order valence-electron chi connectivity index (χ0n) is 14.2. The number of aromatic nitrogens is 1. The van der Waals surface area contributed by atoms with Crippen molar-refractivity contribution >= 4 is 26.8 Å². The summed E-state index contributed by atoms with van der Waals surface area (Å²) in [5.74, 6) is -0.343. The fourth-order valence-corrected chi connectivity index (χ4v) is 3.78. The maximum atomic E-state index is 13.0. The number of hydrogen-bond acceptors (Lipinski definition) is 4. The lowest BCUT2D eigenvalue weighted by atomic mass is 10.00. The highest BCUT2D eigenvalue weighted by Crippen LogP contribution is 2.25. The Kier molecular flexibility index (Phi) is 5.38. The summed E-state index contributed by atoms with van der Waals surface area (Å²) < 4.78 is 61.8. The van der Waals surface area contributed by atoms with E-state index in [-0.39, 0.29) is 5.91 Å². The number of likely N-dealkylation sites (tertiary alicyclic amines) is 1. The third-order valence-electron chi connectivity index (χ3n) is 4.58. The van der Waals surface area contributed by atoms with Crippen LogP contribution in [0.15, 0.2) is 36.5 Å². The van der Waals surface area contributed by atoms with Gasteiger partial charge in [0.15, 0.2) is 0 Å². The Morgan fingerprint density at radius 2 is 1.96 bits per heavy atom. The van der Waals surface area contributed by atoms with Crippen LogP contribution >= 0.6 is 0 Å².